The maximum Gasteiger partial charge on any atom is 0.201 e. The number of hydrogen-bond donors (Lipinski definition) is 4. The molecule has 0 radical (unpaired) electrons. The van der Waals surface area contributed by atoms with Gasteiger partial charge in [-0.3, -0.25) is 10.8 Å². The van der Waals surface area contributed by atoms with E-state index >= 15 is 0 Å². The molecule has 1 aromatic carbocycles. The van der Waals surface area contributed by atoms with Gasteiger partial charge in [0.15, 0.2) is 5.84 Å². The second-order valence-corrected chi connectivity index (χ2v) is 2.91. The Kier molecular flexibility index (Phi) is 4.00. The molecular formula is C10H11N5O. The first-order valence-corrected chi connectivity index (χ1v) is 4.46. The van der Waals surface area contributed by atoms with Crippen molar-refractivity contribution in [2.45, 2.75) is 6.61 Å². The number of amidine groups is 1. The molecule has 82 valence electrons. The molecular weight excluding hydrogens is 206 g/mol. The van der Waals surface area contributed by atoms with E-state index in [-0.39, 0.29) is 12.3 Å². The third-order valence-electron chi connectivity index (χ3n) is 1.84. The van der Waals surface area contributed by atoms with Gasteiger partial charge >= 0.3 is 0 Å². The number of aliphatic hydroxyl groups excluding tert-OH is 1. The molecule has 5 N–H and O–H groups in total. The molecule has 0 aliphatic heterocycles. The summed E-state index contributed by atoms with van der Waals surface area (Å²) in [5, 5.41) is 28.4. The predicted molar refractivity (Wildman–Crippen MR) is 60.9 cm³/mol. The average Bonchev–Trinajstić information content (AvgIpc) is 2.30. The molecule has 0 unspecified atom stereocenters. The highest BCUT2D eigenvalue weighted by atomic mass is 16.3. The van der Waals surface area contributed by atoms with E-state index < -0.39 is 5.84 Å². The Labute approximate surface area is 92.5 Å². The monoisotopic (exact) mass is 217 g/mol. The van der Waals surface area contributed by atoms with Crippen LogP contribution in [-0.4, -0.2) is 16.7 Å². The van der Waals surface area contributed by atoms with Crippen molar-refractivity contribution in [1.82, 2.24) is 0 Å². The number of nitrogens with zero attached hydrogens (tertiary/aromatic N) is 2. The van der Waals surface area contributed by atoms with Crippen LogP contribution in [0, 0.1) is 16.7 Å². The van der Waals surface area contributed by atoms with Crippen molar-refractivity contribution >= 4 is 17.2 Å². The highest BCUT2D eigenvalue weighted by molar-refractivity contribution is 6.45. The van der Waals surface area contributed by atoms with Gasteiger partial charge in [-0.1, -0.05) is 18.2 Å². The molecule has 0 saturated heterocycles. The number of hydrazone groups is 1. The second kappa shape index (κ2) is 5.48. The van der Waals surface area contributed by atoms with Crippen molar-refractivity contribution in [3.8, 4) is 6.07 Å². The van der Waals surface area contributed by atoms with Crippen LogP contribution < -0.4 is 11.2 Å². The molecule has 0 atom stereocenters. The first-order chi connectivity index (χ1) is 7.69. The van der Waals surface area contributed by atoms with Crippen LogP contribution in [0.1, 0.15) is 5.56 Å². The molecule has 1 aromatic rings. The van der Waals surface area contributed by atoms with Gasteiger partial charge in [0.2, 0.25) is 5.71 Å². The summed E-state index contributed by atoms with van der Waals surface area (Å²) in [5.74, 6) is -0.406. The van der Waals surface area contributed by atoms with E-state index in [1.54, 1.807) is 30.3 Å². The number of para-hydroxylation sites is 1. The summed E-state index contributed by atoms with van der Waals surface area (Å²) in [6.07, 6.45) is 0. The number of nitriles is 1. The van der Waals surface area contributed by atoms with Crippen LogP contribution in [0.4, 0.5) is 5.69 Å². The number of benzene rings is 1. The number of hydrogen-bond acceptors (Lipinski definition) is 5. The smallest absolute Gasteiger partial charge is 0.201 e. The van der Waals surface area contributed by atoms with Gasteiger partial charge in [-0.2, -0.15) is 10.4 Å². The number of anilines is 1. The Morgan fingerprint density at radius 2 is 2.25 bits per heavy atom. The zero-order valence-electron chi connectivity index (χ0n) is 8.44. The van der Waals surface area contributed by atoms with Crippen molar-refractivity contribution in [2.75, 3.05) is 5.43 Å². The Bertz CT molecular complexity index is 461. The van der Waals surface area contributed by atoms with Gasteiger partial charge < -0.3 is 10.8 Å². The fourth-order valence-corrected chi connectivity index (χ4v) is 1.03. The molecule has 16 heavy (non-hydrogen) atoms. The number of rotatable bonds is 4. The topological polar surface area (TPSA) is 118 Å². The van der Waals surface area contributed by atoms with Gasteiger partial charge in [0.05, 0.1) is 12.3 Å². The van der Waals surface area contributed by atoms with Gasteiger partial charge in [-0.15, -0.1) is 0 Å². The zero-order chi connectivity index (χ0) is 12.0. The molecule has 1 rings (SSSR count). The molecule has 0 amide bonds. The molecule has 6 nitrogen and oxygen atoms in total. The maximum atomic E-state index is 9.03. The lowest BCUT2D eigenvalue weighted by atomic mass is 10.2. The van der Waals surface area contributed by atoms with E-state index in [0.29, 0.717) is 11.3 Å². The summed E-state index contributed by atoms with van der Waals surface area (Å²) in [6, 6.07) is 8.64. The molecule has 0 aliphatic rings. The minimum Gasteiger partial charge on any atom is -0.392 e. The molecule has 0 spiro atoms. The highest BCUT2D eigenvalue weighted by Crippen LogP contribution is 2.14. The van der Waals surface area contributed by atoms with Gasteiger partial charge in [-0.05, 0) is 6.07 Å². The van der Waals surface area contributed by atoms with E-state index in [0.717, 1.165) is 0 Å². The van der Waals surface area contributed by atoms with Crippen LogP contribution >= 0.6 is 0 Å². The quantitative estimate of drug-likeness (QED) is 0.331. The van der Waals surface area contributed by atoms with E-state index in [2.05, 4.69) is 10.5 Å². The third kappa shape index (κ3) is 2.80. The molecule has 0 bridgehead atoms. The van der Waals surface area contributed by atoms with E-state index in [4.69, 9.17) is 21.5 Å². The zero-order valence-corrected chi connectivity index (χ0v) is 8.44. The van der Waals surface area contributed by atoms with Crippen molar-refractivity contribution < 1.29 is 5.11 Å². The fourth-order valence-electron chi connectivity index (χ4n) is 1.03. The minimum absolute atomic E-state index is 0.138. The summed E-state index contributed by atoms with van der Waals surface area (Å²) in [4.78, 5) is 0. The largest absolute Gasteiger partial charge is 0.392 e. The summed E-state index contributed by atoms with van der Waals surface area (Å²) in [6.45, 7) is -0.138. The third-order valence-corrected chi connectivity index (χ3v) is 1.84. The van der Waals surface area contributed by atoms with Crippen LogP contribution in [0.3, 0.4) is 0 Å². The van der Waals surface area contributed by atoms with E-state index in [9.17, 15) is 0 Å². The lowest BCUT2D eigenvalue weighted by molar-refractivity contribution is 0.282. The Morgan fingerprint density at radius 1 is 1.56 bits per heavy atom. The fraction of sp³-hybridized carbons (Fsp3) is 0.100. The van der Waals surface area contributed by atoms with Gasteiger partial charge in [0, 0.05) is 5.56 Å². The first kappa shape index (κ1) is 11.7. The number of aliphatic hydroxyl groups is 1. The summed E-state index contributed by atoms with van der Waals surface area (Å²) in [7, 11) is 0. The first-order valence-electron chi connectivity index (χ1n) is 4.46. The number of nitrogens with one attached hydrogen (secondary N) is 2. The molecule has 6 heteroatoms. The van der Waals surface area contributed by atoms with Crippen LogP contribution in [-0.2, 0) is 6.61 Å². The highest BCUT2D eigenvalue weighted by Gasteiger charge is 2.02. The SMILES string of the molecule is N#C/C(=N\Nc1ccccc1CO)C(=N)N. The normalized spacial score (nSPS) is 10.6. The van der Waals surface area contributed by atoms with E-state index in [1.165, 1.54) is 0 Å². The lowest BCUT2D eigenvalue weighted by Crippen LogP contribution is -2.22. The summed E-state index contributed by atoms with van der Waals surface area (Å²) < 4.78 is 0. The van der Waals surface area contributed by atoms with Crippen LogP contribution in [0.5, 0.6) is 0 Å². The molecule has 0 aliphatic carbocycles. The maximum absolute atomic E-state index is 9.03. The van der Waals surface area contributed by atoms with Crippen LogP contribution in [0.2, 0.25) is 0 Å². The van der Waals surface area contributed by atoms with Gasteiger partial charge in [0.25, 0.3) is 0 Å². The van der Waals surface area contributed by atoms with Gasteiger partial charge in [-0.25, -0.2) is 0 Å². The lowest BCUT2D eigenvalue weighted by Gasteiger charge is -2.05. The van der Waals surface area contributed by atoms with Crippen molar-refractivity contribution in [3.05, 3.63) is 29.8 Å². The molecule has 0 fully saturated rings. The second-order valence-electron chi connectivity index (χ2n) is 2.91. The molecule has 0 aromatic heterocycles. The standard InChI is InChI=1S/C10H11N5O/c11-5-9(10(12)13)15-14-8-4-2-1-3-7(8)6-16/h1-4,14,16H,6H2,(H3,12,13)/b15-9+. The Morgan fingerprint density at radius 3 is 2.81 bits per heavy atom. The average molecular weight is 217 g/mol. The Hall–Kier alpha value is -2.39. The van der Waals surface area contributed by atoms with Gasteiger partial charge in [0.1, 0.15) is 6.07 Å². The van der Waals surface area contributed by atoms with Crippen molar-refractivity contribution in [2.24, 2.45) is 10.8 Å². The molecule has 0 saturated carbocycles. The number of nitrogens with two attached hydrogens (primary N) is 1. The predicted octanol–water partition coefficient (Wildman–Crippen LogP) is 0.406. The minimum atomic E-state index is -0.406. The summed E-state index contributed by atoms with van der Waals surface area (Å²) >= 11 is 0. The van der Waals surface area contributed by atoms with Crippen LogP contribution in [0.25, 0.3) is 0 Å². The summed E-state index contributed by atoms with van der Waals surface area (Å²) in [5.41, 5.74) is 8.72. The van der Waals surface area contributed by atoms with Crippen LogP contribution in [0.15, 0.2) is 29.4 Å². The van der Waals surface area contributed by atoms with Crippen molar-refractivity contribution in [1.29, 1.82) is 10.7 Å². The van der Waals surface area contributed by atoms with Crippen molar-refractivity contribution in [3.63, 3.8) is 0 Å². The molecule has 0 heterocycles. The Balaban J connectivity index is 2.89. The van der Waals surface area contributed by atoms with E-state index in [1.807, 2.05) is 0 Å².